The number of phosphoric acid groups is 1. The molecular formula is C50H99N2O6P. The fourth-order valence-electron chi connectivity index (χ4n) is 7.38. The van der Waals surface area contributed by atoms with Crippen LogP contribution in [0, 0.1) is 0 Å². The summed E-state index contributed by atoms with van der Waals surface area (Å²) in [6.07, 6.45) is 50.8. The molecule has 2 N–H and O–H groups in total. The van der Waals surface area contributed by atoms with Crippen LogP contribution in [0.25, 0.3) is 0 Å². The van der Waals surface area contributed by atoms with E-state index in [-0.39, 0.29) is 19.1 Å². The maximum Gasteiger partial charge on any atom is 0.268 e. The summed E-state index contributed by atoms with van der Waals surface area (Å²) in [6.45, 7) is 4.67. The zero-order chi connectivity index (χ0) is 43.6. The SMILES string of the molecule is CCCCCCCCCCC/C=C\CCCCCCCCCC(=O)NC(COP(=O)([O-])OCC[N+](C)(C)C)C(O)/C=C/CCCCCCCCCCCCCCCCC. The minimum Gasteiger partial charge on any atom is -0.756 e. The van der Waals surface area contributed by atoms with Crippen molar-refractivity contribution >= 4 is 13.7 Å². The second-order valence-electron chi connectivity index (χ2n) is 18.5. The van der Waals surface area contributed by atoms with Crippen LogP contribution in [0.3, 0.4) is 0 Å². The third-order valence-corrected chi connectivity index (χ3v) is 12.4. The van der Waals surface area contributed by atoms with Crippen molar-refractivity contribution in [1.29, 1.82) is 0 Å². The van der Waals surface area contributed by atoms with Crippen LogP contribution >= 0.6 is 7.82 Å². The predicted molar refractivity (Wildman–Crippen MR) is 252 cm³/mol. The molecule has 0 aliphatic heterocycles. The largest absolute Gasteiger partial charge is 0.756 e. The molecule has 0 heterocycles. The lowest BCUT2D eigenvalue weighted by Crippen LogP contribution is -2.45. The van der Waals surface area contributed by atoms with Crippen molar-refractivity contribution in [2.45, 2.75) is 251 Å². The maximum atomic E-state index is 12.9. The Morgan fingerprint density at radius 2 is 0.932 bits per heavy atom. The van der Waals surface area contributed by atoms with Crippen molar-refractivity contribution in [2.75, 3.05) is 40.9 Å². The Labute approximate surface area is 366 Å². The van der Waals surface area contributed by atoms with Crippen molar-refractivity contribution < 1.29 is 32.9 Å². The number of hydrogen-bond donors (Lipinski definition) is 2. The number of hydrogen-bond acceptors (Lipinski definition) is 6. The molecule has 0 aromatic carbocycles. The van der Waals surface area contributed by atoms with Crippen LogP contribution in [-0.4, -0.2) is 68.5 Å². The Bertz CT molecular complexity index is 1020. The van der Waals surface area contributed by atoms with Crippen molar-refractivity contribution in [1.82, 2.24) is 5.32 Å². The Kier molecular flexibility index (Phi) is 41.6. The highest BCUT2D eigenvalue weighted by molar-refractivity contribution is 7.45. The van der Waals surface area contributed by atoms with E-state index in [1.54, 1.807) is 6.08 Å². The van der Waals surface area contributed by atoms with E-state index in [9.17, 15) is 19.4 Å². The summed E-state index contributed by atoms with van der Waals surface area (Å²) >= 11 is 0. The number of quaternary nitrogens is 1. The summed E-state index contributed by atoms with van der Waals surface area (Å²) in [7, 11) is 1.26. The molecule has 350 valence electrons. The number of nitrogens with zero attached hydrogens (tertiary/aromatic N) is 1. The van der Waals surface area contributed by atoms with Gasteiger partial charge in [-0.15, -0.1) is 0 Å². The first-order valence-corrected chi connectivity index (χ1v) is 26.7. The van der Waals surface area contributed by atoms with Crippen molar-refractivity contribution in [3.05, 3.63) is 24.3 Å². The summed E-state index contributed by atoms with van der Waals surface area (Å²) in [5.74, 6) is -0.200. The van der Waals surface area contributed by atoms with E-state index in [1.807, 2.05) is 27.2 Å². The van der Waals surface area contributed by atoms with Gasteiger partial charge in [-0.05, 0) is 44.9 Å². The van der Waals surface area contributed by atoms with Gasteiger partial charge in [-0.2, -0.15) is 0 Å². The van der Waals surface area contributed by atoms with Gasteiger partial charge < -0.3 is 28.8 Å². The van der Waals surface area contributed by atoms with Gasteiger partial charge >= 0.3 is 0 Å². The number of carbonyl (C=O) groups is 1. The highest BCUT2D eigenvalue weighted by Gasteiger charge is 2.23. The molecule has 0 aliphatic carbocycles. The van der Waals surface area contributed by atoms with Crippen LogP contribution in [-0.2, 0) is 18.4 Å². The maximum absolute atomic E-state index is 12.9. The van der Waals surface area contributed by atoms with E-state index in [1.165, 1.54) is 180 Å². The number of aliphatic hydroxyl groups is 1. The fourth-order valence-corrected chi connectivity index (χ4v) is 8.11. The van der Waals surface area contributed by atoms with Gasteiger partial charge in [0.1, 0.15) is 13.2 Å². The summed E-state index contributed by atoms with van der Waals surface area (Å²) in [5, 5.41) is 13.8. The molecule has 8 nitrogen and oxygen atoms in total. The van der Waals surface area contributed by atoms with Crippen LogP contribution in [0.15, 0.2) is 24.3 Å². The average Bonchev–Trinajstić information content (AvgIpc) is 3.19. The van der Waals surface area contributed by atoms with Crippen LogP contribution in [0.5, 0.6) is 0 Å². The fraction of sp³-hybridized carbons (Fsp3) is 0.900. The first-order valence-electron chi connectivity index (χ1n) is 25.2. The minimum absolute atomic E-state index is 0.000493. The van der Waals surface area contributed by atoms with Crippen molar-refractivity contribution in [2.24, 2.45) is 0 Å². The van der Waals surface area contributed by atoms with Gasteiger partial charge in [-0.25, -0.2) is 0 Å². The normalized spacial score (nSPS) is 14.4. The number of aliphatic hydroxyl groups excluding tert-OH is 1. The standard InChI is InChI=1S/C50H99N2O6P/c1-6-8-10-12-14-16-18-20-22-24-25-26-28-30-32-34-36-38-40-42-44-50(54)51-48(47-58-59(55,56)57-46-45-52(3,4)5)49(53)43-41-39-37-35-33-31-29-27-23-21-19-17-15-13-11-9-7-2/h25-26,41,43,48-49,53H,6-24,27-40,42,44-47H2,1-5H3,(H-,51,54,55,56)/b26-25-,43-41+. The van der Waals surface area contributed by atoms with E-state index in [0.29, 0.717) is 17.4 Å². The van der Waals surface area contributed by atoms with Crippen LogP contribution < -0.4 is 10.2 Å². The Morgan fingerprint density at radius 1 is 0.576 bits per heavy atom. The summed E-state index contributed by atoms with van der Waals surface area (Å²) in [5.41, 5.74) is 0. The van der Waals surface area contributed by atoms with Crippen molar-refractivity contribution in [3.63, 3.8) is 0 Å². The number of carbonyl (C=O) groups excluding carboxylic acids is 1. The Hall–Kier alpha value is -1.02. The average molecular weight is 855 g/mol. The summed E-state index contributed by atoms with van der Waals surface area (Å²) < 4.78 is 23.3. The third kappa shape index (κ3) is 44.8. The minimum atomic E-state index is -4.59. The molecule has 0 aromatic heterocycles. The van der Waals surface area contributed by atoms with Gasteiger partial charge in [-0.1, -0.05) is 212 Å². The lowest BCUT2D eigenvalue weighted by atomic mass is 10.0. The smallest absolute Gasteiger partial charge is 0.268 e. The molecule has 0 radical (unpaired) electrons. The molecule has 3 unspecified atom stereocenters. The van der Waals surface area contributed by atoms with Gasteiger partial charge in [0.05, 0.1) is 39.9 Å². The monoisotopic (exact) mass is 855 g/mol. The van der Waals surface area contributed by atoms with Crippen molar-refractivity contribution in [3.8, 4) is 0 Å². The summed E-state index contributed by atoms with van der Waals surface area (Å²) in [6, 6.07) is -0.886. The number of nitrogens with one attached hydrogen (secondary N) is 1. The highest BCUT2D eigenvalue weighted by Crippen LogP contribution is 2.38. The van der Waals surface area contributed by atoms with E-state index in [4.69, 9.17) is 9.05 Å². The van der Waals surface area contributed by atoms with Gasteiger partial charge in [-0.3, -0.25) is 9.36 Å². The van der Waals surface area contributed by atoms with Gasteiger partial charge in [0.25, 0.3) is 7.82 Å². The molecule has 0 fully saturated rings. The zero-order valence-corrected chi connectivity index (χ0v) is 40.6. The van der Waals surface area contributed by atoms with E-state index in [2.05, 4.69) is 31.3 Å². The number of unbranched alkanes of at least 4 members (excludes halogenated alkanes) is 31. The highest BCUT2D eigenvalue weighted by atomic mass is 31.2. The van der Waals surface area contributed by atoms with Crippen LogP contribution in [0.4, 0.5) is 0 Å². The number of allylic oxidation sites excluding steroid dienone is 3. The zero-order valence-electron chi connectivity index (χ0n) is 39.7. The lowest BCUT2D eigenvalue weighted by Gasteiger charge is -2.29. The van der Waals surface area contributed by atoms with Crippen LogP contribution in [0.1, 0.15) is 239 Å². The first kappa shape index (κ1) is 58.0. The Morgan fingerprint density at radius 3 is 1.32 bits per heavy atom. The number of phosphoric ester groups is 1. The molecule has 0 aliphatic rings. The second-order valence-corrected chi connectivity index (χ2v) is 19.9. The molecule has 0 saturated carbocycles. The number of amides is 1. The molecule has 0 aromatic rings. The Balaban J connectivity index is 4.32. The molecule has 9 heteroatoms. The quantitative estimate of drug-likeness (QED) is 0.0273. The molecule has 3 atom stereocenters. The molecule has 59 heavy (non-hydrogen) atoms. The van der Waals surface area contributed by atoms with Crippen LogP contribution in [0.2, 0.25) is 0 Å². The molecule has 0 saturated heterocycles. The van der Waals surface area contributed by atoms with E-state index < -0.39 is 20.0 Å². The number of likely N-dealkylation sites (N-methyl/N-ethyl adjacent to an activating group) is 1. The lowest BCUT2D eigenvalue weighted by molar-refractivity contribution is -0.870. The molecule has 1 amide bonds. The van der Waals surface area contributed by atoms with E-state index in [0.717, 1.165) is 38.5 Å². The third-order valence-electron chi connectivity index (χ3n) is 11.4. The molecule has 0 spiro atoms. The molecular weight excluding hydrogens is 756 g/mol. The van der Waals surface area contributed by atoms with Gasteiger partial charge in [0.15, 0.2) is 0 Å². The summed E-state index contributed by atoms with van der Waals surface area (Å²) in [4.78, 5) is 25.4. The second kappa shape index (κ2) is 42.3. The van der Waals surface area contributed by atoms with E-state index >= 15 is 0 Å². The number of rotatable bonds is 46. The molecule has 0 rings (SSSR count). The molecule has 0 bridgehead atoms. The van der Waals surface area contributed by atoms with Gasteiger partial charge in [0, 0.05) is 6.42 Å². The van der Waals surface area contributed by atoms with Gasteiger partial charge in [0.2, 0.25) is 5.91 Å². The topological polar surface area (TPSA) is 108 Å². The predicted octanol–water partition coefficient (Wildman–Crippen LogP) is 13.8. The first-order chi connectivity index (χ1) is 28.5.